The fourth-order valence-electron chi connectivity index (χ4n) is 2.89. The van der Waals surface area contributed by atoms with Gasteiger partial charge in [-0.15, -0.1) is 0 Å². The molecule has 0 atom stereocenters. The highest BCUT2D eigenvalue weighted by Gasteiger charge is 2.33. The molecule has 0 fully saturated rings. The molecular formula is C21H19ClN2O5. The van der Waals surface area contributed by atoms with Gasteiger partial charge in [-0.2, -0.15) is 10.1 Å². The van der Waals surface area contributed by atoms with Crippen LogP contribution in [0.4, 0.5) is 0 Å². The minimum absolute atomic E-state index is 0.293. The molecule has 2 aromatic carbocycles. The molecule has 29 heavy (non-hydrogen) atoms. The Morgan fingerprint density at radius 2 is 1.62 bits per heavy atom. The van der Waals surface area contributed by atoms with Crippen LogP contribution in [0, 0.1) is 0 Å². The van der Waals surface area contributed by atoms with E-state index in [1.807, 2.05) is 0 Å². The number of hydrogen-bond donors (Lipinski definition) is 0. The fourth-order valence-corrected chi connectivity index (χ4v) is 3.01. The van der Waals surface area contributed by atoms with E-state index >= 15 is 0 Å². The summed E-state index contributed by atoms with van der Waals surface area (Å²) >= 11 is 5.85. The third kappa shape index (κ3) is 3.95. The lowest BCUT2D eigenvalue weighted by Crippen LogP contribution is -2.29. The molecule has 0 saturated carbocycles. The van der Waals surface area contributed by atoms with Gasteiger partial charge in [0.1, 0.15) is 0 Å². The molecule has 0 radical (unpaired) electrons. The van der Waals surface area contributed by atoms with Crippen molar-refractivity contribution in [1.29, 1.82) is 0 Å². The molecule has 0 unspecified atom stereocenters. The minimum Gasteiger partial charge on any atom is -0.493 e. The highest BCUT2D eigenvalue weighted by Crippen LogP contribution is 2.39. The lowest BCUT2D eigenvalue weighted by Gasteiger charge is -2.13. The molecule has 0 saturated heterocycles. The Hall–Kier alpha value is -3.32. The highest BCUT2D eigenvalue weighted by molar-refractivity contribution is 6.31. The topological polar surface area (TPSA) is 77.4 Å². The van der Waals surface area contributed by atoms with Gasteiger partial charge in [0.25, 0.3) is 11.8 Å². The average Bonchev–Trinajstić information content (AvgIpc) is 3.01. The third-order valence-corrected chi connectivity index (χ3v) is 4.60. The summed E-state index contributed by atoms with van der Waals surface area (Å²) in [6.45, 7) is 1.66. The van der Waals surface area contributed by atoms with Crippen molar-refractivity contribution in [3.63, 3.8) is 0 Å². The van der Waals surface area contributed by atoms with Crippen LogP contribution in [0.5, 0.6) is 17.2 Å². The molecule has 8 heteroatoms. The summed E-state index contributed by atoms with van der Waals surface area (Å²) in [7, 11) is 4.53. The molecule has 7 nitrogen and oxygen atoms in total. The van der Waals surface area contributed by atoms with Gasteiger partial charge in [0.15, 0.2) is 11.5 Å². The minimum atomic E-state index is -0.528. The summed E-state index contributed by atoms with van der Waals surface area (Å²) in [5, 5.41) is 5.47. The van der Waals surface area contributed by atoms with E-state index in [1.54, 1.807) is 49.4 Å². The smallest absolute Gasteiger partial charge is 0.283 e. The number of methoxy groups -OCH3 is 3. The number of carbonyl (C=O) groups is 2. The second-order valence-corrected chi connectivity index (χ2v) is 6.57. The number of amides is 2. The van der Waals surface area contributed by atoms with Gasteiger partial charge >= 0.3 is 0 Å². The number of imide groups is 1. The number of ether oxygens (including phenoxy) is 3. The Bertz CT molecular complexity index is 1000. The first-order chi connectivity index (χ1) is 13.9. The predicted octanol–water partition coefficient (Wildman–Crippen LogP) is 3.81. The van der Waals surface area contributed by atoms with Crippen LogP contribution in [0.2, 0.25) is 5.02 Å². The number of hydrazone groups is 1. The zero-order chi connectivity index (χ0) is 21.1. The van der Waals surface area contributed by atoms with Gasteiger partial charge in [-0.3, -0.25) is 9.59 Å². The summed E-state index contributed by atoms with van der Waals surface area (Å²) < 4.78 is 16.0. The Kier molecular flexibility index (Phi) is 5.89. The number of rotatable bonds is 5. The van der Waals surface area contributed by atoms with E-state index in [4.69, 9.17) is 25.8 Å². The van der Waals surface area contributed by atoms with E-state index in [1.165, 1.54) is 21.3 Å². The molecule has 0 aliphatic carbocycles. The molecule has 150 valence electrons. The van der Waals surface area contributed by atoms with Gasteiger partial charge in [-0.1, -0.05) is 11.6 Å². The van der Waals surface area contributed by atoms with Crippen LogP contribution in [-0.4, -0.2) is 43.9 Å². The Balaban J connectivity index is 1.95. The zero-order valence-corrected chi connectivity index (χ0v) is 17.1. The van der Waals surface area contributed by atoms with Crippen molar-refractivity contribution in [2.45, 2.75) is 6.92 Å². The number of nitrogens with zero attached hydrogens (tertiary/aromatic N) is 2. The maximum atomic E-state index is 12.8. The summed E-state index contributed by atoms with van der Waals surface area (Å²) in [6.07, 6.45) is 1.63. The van der Waals surface area contributed by atoms with Crippen molar-refractivity contribution < 1.29 is 23.8 Å². The van der Waals surface area contributed by atoms with Gasteiger partial charge in [-0.25, -0.2) is 0 Å². The molecule has 1 aliphatic rings. The van der Waals surface area contributed by atoms with E-state index < -0.39 is 11.8 Å². The van der Waals surface area contributed by atoms with Crippen molar-refractivity contribution in [3.8, 4) is 17.2 Å². The predicted molar refractivity (Wildman–Crippen MR) is 110 cm³/mol. The third-order valence-electron chi connectivity index (χ3n) is 4.34. The van der Waals surface area contributed by atoms with E-state index in [9.17, 15) is 9.59 Å². The molecular weight excluding hydrogens is 396 g/mol. The van der Waals surface area contributed by atoms with Gasteiger partial charge < -0.3 is 14.2 Å². The summed E-state index contributed by atoms with van der Waals surface area (Å²) in [6, 6.07) is 9.67. The molecule has 0 spiro atoms. The maximum Gasteiger partial charge on any atom is 0.283 e. The van der Waals surface area contributed by atoms with Crippen LogP contribution < -0.4 is 14.2 Å². The van der Waals surface area contributed by atoms with Crippen LogP contribution >= 0.6 is 11.6 Å². The molecule has 0 N–H and O–H groups in total. The molecule has 0 aromatic heterocycles. The summed E-state index contributed by atoms with van der Waals surface area (Å²) in [5.41, 5.74) is 1.67. The SMILES string of the molecule is COc1cc(/C=C2/C(=O)N(C(=O)c3ccc(Cl)cc3)N=C2C)cc(OC)c1OC. The van der Waals surface area contributed by atoms with Crippen LogP contribution in [0.1, 0.15) is 22.8 Å². The largest absolute Gasteiger partial charge is 0.493 e. The van der Waals surface area contributed by atoms with Crippen molar-refractivity contribution in [1.82, 2.24) is 5.01 Å². The van der Waals surface area contributed by atoms with Crippen LogP contribution in [0.25, 0.3) is 6.08 Å². The molecule has 2 aromatic rings. The van der Waals surface area contributed by atoms with E-state index in [0.717, 1.165) is 5.01 Å². The molecule has 1 heterocycles. The van der Waals surface area contributed by atoms with Crippen LogP contribution in [-0.2, 0) is 4.79 Å². The standard InChI is InChI=1S/C21H19ClN2O5/c1-12-16(9-13-10-17(27-2)19(29-4)18(11-13)28-3)21(26)24(23-12)20(25)14-5-7-15(22)8-6-14/h5-11H,1-4H3/b16-9+. The maximum absolute atomic E-state index is 12.8. The zero-order valence-electron chi connectivity index (χ0n) is 16.4. The molecule has 3 rings (SSSR count). The van der Waals surface area contributed by atoms with Crippen molar-refractivity contribution in [3.05, 3.63) is 58.1 Å². The van der Waals surface area contributed by atoms with Crippen LogP contribution in [0.15, 0.2) is 47.1 Å². The second kappa shape index (κ2) is 8.36. The van der Waals surface area contributed by atoms with E-state index in [0.29, 0.717) is 44.7 Å². The molecule has 2 amide bonds. The monoisotopic (exact) mass is 414 g/mol. The van der Waals surface area contributed by atoms with Gasteiger partial charge in [-0.05, 0) is 55.0 Å². The van der Waals surface area contributed by atoms with Gasteiger partial charge in [0.2, 0.25) is 5.75 Å². The van der Waals surface area contributed by atoms with Gasteiger partial charge in [0.05, 0.1) is 32.6 Å². The number of halogens is 1. The van der Waals surface area contributed by atoms with Gasteiger partial charge in [0, 0.05) is 10.6 Å². The van der Waals surface area contributed by atoms with E-state index in [-0.39, 0.29) is 0 Å². The molecule has 0 bridgehead atoms. The fraction of sp³-hybridized carbons (Fsp3) is 0.190. The first-order valence-corrected chi connectivity index (χ1v) is 8.99. The number of hydrogen-bond acceptors (Lipinski definition) is 6. The number of benzene rings is 2. The van der Waals surface area contributed by atoms with Crippen LogP contribution in [0.3, 0.4) is 0 Å². The lowest BCUT2D eigenvalue weighted by molar-refractivity contribution is -0.123. The van der Waals surface area contributed by atoms with Crippen molar-refractivity contribution in [2.24, 2.45) is 5.10 Å². The van der Waals surface area contributed by atoms with E-state index in [2.05, 4.69) is 5.10 Å². The second-order valence-electron chi connectivity index (χ2n) is 6.13. The summed E-state index contributed by atoms with van der Waals surface area (Å²) in [4.78, 5) is 25.5. The Morgan fingerprint density at radius 3 is 2.14 bits per heavy atom. The molecule has 1 aliphatic heterocycles. The summed E-state index contributed by atoms with van der Waals surface area (Å²) in [5.74, 6) is 0.302. The number of carbonyl (C=O) groups excluding carboxylic acids is 2. The lowest BCUT2D eigenvalue weighted by atomic mass is 10.1. The quantitative estimate of drug-likeness (QED) is 0.549. The first-order valence-electron chi connectivity index (χ1n) is 8.61. The Morgan fingerprint density at radius 1 is 1.03 bits per heavy atom. The van der Waals surface area contributed by atoms with Crippen molar-refractivity contribution >= 4 is 35.2 Å². The highest BCUT2D eigenvalue weighted by atomic mass is 35.5. The Labute approximate surface area is 173 Å². The first kappa shape index (κ1) is 20.4. The normalized spacial score (nSPS) is 14.8. The van der Waals surface area contributed by atoms with Crippen molar-refractivity contribution in [2.75, 3.05) is 21.3 Å². The average molecular weight is 415 g/mol.